The van der Waals surface area contributed by atoms with Crippen LogP contribution in [-0.2, 0) is 11.2 Å². The van der Waals surface area contributed by atoms with Gasteiger partial charge in [0, 0.05) is 0 Å². The van der Waals surface area contributed by atoms with Gasteiger partial charge in [0.15, 0.2) is 0 Å². The summed E-state index contributed by atoms with van der Waals surface area (Å²) in [6, 6.07) is 10.9. The largest absolute Gasteiger partial charge is 0.480 e. The Balaban J connectivity index is 2.46. The van der Waals surface area contributed by atoms with Crippen LogP contribution in [-0.4, -0.2) is 29.7 Å². The van der Waals surface area contributed by atoms with Crippen molar-refractivity contribution in [3.8, 4) is 6.07 Å². The lowest BCUT2D eigenvalue weighted by Crippen LogP contribution is -2.43. The van der Waals surface area contributed by atoms with Gasteiger partial charge in [0.2, 0.25) is 0 Å². The summed E-state index contributed by atoms with van der Waals surface area (Å²) in [6.45, 7) is 0.558. The van der Waals surface area contributed by atoms with Crippen LogP contribution in [0.15, 0.2) is 30.3 Å². The standard InChI is InChI=1S/C16H23N3O2/c17-11-5-4-8-15(16(20)21)19-14(12-18)10-9-13-6-2-1-3-7-13/h1-3,6-7,14-15,19H,4-5,8-11,17H2,(H,20,21)/t14-,15-/m0/s1. The van der Waals surface area contributed by atoms with E-state index in [1.807, 2.05) is 30.3 Å². The molecule has 0 aliphatic rings. The number of unbranched alkanes of at least 4 members (excludes halogenated alkanes) is 1. The number of aryl methyl sites for hydroxylation is 1. The molecular weight excluding hydrogens is 266 g/mol. The van der Waals surface area contributed by atoms with E-state index >= 15 is 0 Å². The fourth-order valence-electron chi connectivity index (χ4n) is 2.15. The molecule has 0 saturated carbocycles. The van der Waals surface area contributed by atoms with Crippen molar-refractivity contribution >= 4 is 5.97 Å². The number of nitrogens with two attached hydrogens (primary N) is 1. The van der Waals surface area contributed by atoms with E-state index < -0.39 is 18.1 Å². The first-order chi connectivity index (χ1) is 10.2. The molecular formula is C16H23N3O2. The second-order valence-corrected chi connectivity index (χ2v) is 5.05. The van der Waals surface area contributed by atoms with E-state index in [1.165, 1.54) is 0 Å². The lowest BCUT2D eigenvalue weighted by molar-refractivity contribution is -0.139. The Morgan fingerprint density at radius 1 is 1.29 bits per heavy atom. The number of aliphatic carboxylic acids is 1. The van der Waals surface area contributed by atoms with Crippen LogP contribution in [0.3, 0.4) is 0 Å². The summed E-state index contributed by atoms with van der Waals surface area (Å²) in [5, 5.41) is 21.3. The number of nitrogens with one attached hydrogen (secondary N) is 1. The van der Waals surface area contributed by atoms with Gasteiger partial charge in [-0.15, -0.1) is 0 Å². The highest BCUT2D eigenvalue weighted by Crippen LogP contribution is 2.07. The van der Waals surface area contributed by atoms with Crippen LogP contribution in [0.25, 0.3) is 0 Å². The maximum absolute atomic E-state index is 11.2. The molecule has 0 heterocycles. The molecule has 0 saturated heterocycles. The number of nitriles is 1. The topological polar surface area (TPSA) is 99.1 Å². The number of carboxylic acid groups (broad SMARTS) is 1. The summed E-state index contributed by atoms with van der Waals surface area (Å²) in [4.78, 5) is 11.2. The Kier molecular flexibility index (Phi) is 8.10. The second-order valence-electron chi connectivity index (χ2n) is 5.05. The molecule has 0 aliphatic carbocycles. The van der Waals surface area contributed by atoms with Gasteiger partial charge < -0.3 is 10.8 Å². The SMILES string of the molecule is N#C[C@H](CCc1ccccc1)N[C@@H](CCCCN)C(=O)O. The van der Waals surface area contributed by atoms with Crippen molar-refractivity contribution in [2.75, 3.05) is 6.54 Å². The molecule has 0 radical (unpaired) electrons. The quantitative estimate of drug-likeness (QED) is 0.569. The molecule has 2 atom stereocenters. The van der Waals surface area contributed by atoms with Crippen LogP contribution in [0.5, 0.6) is 0 Å². The molecule has 0 aliphatic heterocycles. The van der Waals surface area contributed by atoms with Crippen LogP contribution in [0.4, 0.5) is 0 Å². The molecule has 4 N–H and O–H groups in total. The molecule has 5 heteroatoms. The van der Waals surface area contributed by atoms with E-state index in [0.717, 1.165) is 24.8 Å². The second kappa shape index (κ2) is 9.92. The summed E-state index contributed by atoms with van der Waals surface area (Å²) in [7, 11) is 0. The predicted molar refractivity (Wildman–Crippen MR) is 81.6 cm³/mol. The minimum Gasteiger partial charge on any atom is -0.480 e. The minimum atomic E-state index is -0.910. The molecule has 114 valence electrons. The molecule has 0 amide bonds. The first-order valence-corrected chi connectivity index (χ1v) is 7.30. The van der Waals surface area contributed by atoms with Crippen molar-refractivity contribution in [3.63, 3.8) is 0 Å². The van der Waals surface area contributed by atoms with Gasteiger partial charge >= 0.3 is 5.97 Å². The number of carboxylic acids is 1. The minimum absolute atomic E-state index is 0.454. The summed E-state index contributed by atoms with van der Waals surface area (Å²) in [5.41, 5.74) is 6.56. The van der Waals surface area contributed by atoms with Gasteiger partial charge in [-0.3, -0.25) is 10.1 Å². The highest BCUT2D eigenvalue weighted by molar-refractivity contribution is 5.73. The van der Waals surface area contributed by atoms with Crippen LogP contribution in [0.1, 0.15) is 31.2 Å². The van der Waals surface area contributed by atoms with Crippen LogP contribution < -0.4 is 11.1 Å². The smallest absolute Gasteiger partial charge is 0.320 e. The van der Waals surface area contributed by atoms with Crippen molar-refractivity contribution in [2.24, 2.45) is 5.73 Å². The molecule has 1 rings (SSSR count). The van der Waals surface area contributed by atoms with Gasteiger partial charge in [-0.2, -0.15) is 5.26 Å². The zero-order chi connectivity index (χ0) is 15.5. The maximum Gasteiger partial charge on any atom is 0.320 e. The summed E-state index contributed by atoms with van der Waals surface area (Å²) < 4.78 is 0. The van der Waals surface area contributed by atoms with Gasteiger partial charge in [-0.05, 0) is 37.8 Å². The van der Waals surface area contributed by atoms with Gasteiger partial charge in [-0.25, -0.2) is 0 Å². The molecule has 0 bridgehead atoms. The lowest BCUT2D eigenvalue weighted by atomic mass is 10.0. The Labute approximate surface area is 125 Å². The Morgan fingerprint density at radius 3 is 2.57 bits per heavy atom. The molecule has 0 spiro atoms. The molecule has 1 aromatic rings. The van der Waals surface area contributed by atoms with E-state index in [-0.39, 0.29) is 0 Å². The highest BCUT2D eigenvalue weighted by Gasteiger charge is 2.20. The predicted octanol–water partition coefficient (Wildman–Crippen LogP) is 1.68. The van der Waals surface area contributed by atoms with E-state index in [2.05, 4.69) is 11.4 Å². The van der Waals surface area contributed by atoms with Crippen LogP contribution in [0.2, 0.25) is 0 Å². The molecule has 5 nitrogen and oxygen atoms in total. The first-order valence-electron chi connectivity index (χ1n) is 7.30. The van der Waals surface area contributed by atoms with Crippen molar-refractivity contribution in [2.45, 2.75) is 44.2 Å². The Hall–Kier alpha value is -1.90. The van der Waals surface area contributed by atoms with E-state index in [0.29, 0.717) is 19.4 Å². The third kappa shape index (κ3) is 6.89. The van der Waals surface area contributed by atoms with E-state index in [1.54, 1.807) is 0 Å². The molecule has 1 aromatic carbocycles. The maximum atomic E-state index is 11.2. The normalized spacial score (nSPS) is 13.3. The van der Waals surface area contributed by atoms with Crippen LogP contribution in [0, 0.1) is 11.3 Å². The van der Waals surface area contributed by atoms with Gasteiger partial charge in [0.05, 0.1) is 12.1 Å². The summed E-state index contributed by atoms with van der Waals surface area (Å²) in [5.74, 6) is -0.910. The fraction of sp³-hybridized carbons (Fsp3) is 0.500. The lowest BCUT2D eigenvalue weighted by Gasteiger charge is -2.18. The van der Waals surface area contributed by atoms with Crippen molar-refractivity contribution in [1.82, 2.24) is 5.32 Å². The zero-order valence-electron chi connectivity index (χ0n) is 12.2. The monoisotopic (exact) mass is 289 g/mol. The van der Waals surface area contributed by atoms with E-state index in [9.17, 15) is 15.2 Å². The third-order valence-corrected chi connectivity index (χ3v) is 3.37. The first kappa shape index (κ1) is 17.2. The number of hydrogen-bond acceptors (Lipinski definition) is 4. The number of nitrogens with zero attached hydrogens (tertiary/aromatic N) is 1. The highest BCUT2D eigenvalue weighted by atomic mass is 16.4. The number of benzene rings is 1. The Bertz CT molecular complexity index is 456. The Morgan fingerprint density at radius 2 is 2.00 bits per heavy atom. The average molecular weight is 289 g/mol. The van der Waals surface area contributed by atoms with Crippen LogP contribution >= 0.6 is 0 Å². The van der Waals surface area contributed by atoms with E-state index in [4.69, 9.17) is 5.73 Å². The number of hydrogen-bond donors (Lipinski definition) is 3. The van der Waals surface area contributed by atoms with Gasteiger partial charge in [0.25, 0.3) is 0 Å². The molecule has 0 fully saturated rings. The summed E-state index contributed by atoms with van der Waals surface area (Å²) >= 11 is 0. The van der Waals surface area contributed by atoms with Crippen molar-refractivity contribution < 1.29 is 9.90 Å². The van der Waals surface area contributed by atoms with Crippen molar-refractivity contribution in [1.29, 1.82) is 5.26 Å². The number of carbonyl (C=O) groups is 1. The fourth-order valence-corrected chi connectivity index (χ4v) is 2.15. The molecule has 0 unspecified atom stereocenters. The summed E-state index contributed by atoms with van der Waals surface area (Å²) in [6.07, 6.45) is 3.39. The number of rotatable bonds is 10. The third-order valence-electron chi connectivity index (χ3n) is 3.37. The molecule has 0 aromatic heterocycles. The van der Waals surface area contributed by atoms with Gasteiger partial charge in [-0.1, -0.05) is 36.8 Å². The zero-order valence-corrected chi connectivity index (χ0v) is 12.2. The van der Waals surface area contributed by atoms with Gasteiger partial charge in [0.1, 0.15) is 6.04 Å². The average Bonchev–Trinajstić information content (AvgIpc) is 2.50. The molecule has 21 heavy (non-hydrogen) atoms. The van der Waals surface area contributed by atoms with Crippen molar-refractivity contribution in [3.05, 3.63) is 35.9 Å².